The van der Waals surface area contributed by atoms with E-state index in [2.05, 4.69) is 25.5 Å². The van der Waals surface area contributed by atoms with Crippen LogP contribution in [-0.2, 0) is 24.4 Å². The molecule has 0 spiro atoms. The van der Waals surface area contributed by atoms with Crippen LogP contribution in [0.2, 0.25) is 0 Å². The molecule has 2 aliphatic rings. The van der Waals surface area contributed by atoms with Gasteiger partial charge in [-0.25, -0.2) is 9.07 Å². The Bertz CT molecular complexity index is 1060. The molecule has 0 saturated carbocycles. The Hall–Kier alpha value is -3.17. The molecule has 2 aliphatic heterocycles. The summed E-state index contributed by atoms with van der Waals surface area (Å²) in [6, 6.07) is 10.1. The summed E-state index contributed by atoms with van der Waals surface area (Å²) < 4.78 is 21.1. The smallest absolute Gasteiger partial charge is 0.253 e. The summed E-state index contributed by atoms with van der Waals surface area (Å²) in [7, 11) is 0. The van der Waals surface area contributed by atoms with Gasteiger partial charge < -0.3 is 10.1 Å². The van der Waals surface area contributed by atoms with Gasteiger partial charge in [-0.15, -0.1) is 5.10 Å². The minimum absolute atomic E-state index is 0.0724. The second-order valence-corrected chi connectivity index (χ2v) is 8.28. The topological polar surface area (TPSA) is 85.2 Å². The predicted molar refractivity (Wildman–Crippen MR) is 114 cm³/mol. The second-order valence-electron chi connectivity index (χ2n) is 8.28. The maximum atomic E-state index is 13.2. The van der Waals surface area contributed by atoms with E-state index in [1.54, 1.807) is 36.7 Å². The van der Waals surface area contributed by atoms with Crippen molar-refractivity contribution in [3.8, 4) is 0 Å². The Labute approximate surface area is 185 Å². The van der Waals surface area contributed by atoms with Gasteiger partial charge in [0.05, 0.1) is 24.4 Å². The van der Waals surface area contributed by atoms with Crippen LogP contribution < -0.4 is 5.32 Å². The van der Waals surface area contributed by atoms with Gasteiger partial charge in [0.1, 0.15) is 17.6 Å². The van der Waals surface area contributed by atoms with E-state index in [-0.39, 0.29) is 23.9 Å². The molecule has 8 nitrogen and oxygen atoms in total. The number of rotatable bonds is 5. The highest BCUT2D eigenvalue weighted by Crippen LogP contribution is 2.27. The maximum Gasteiger partial charge on any atom is 0.253 e. The van der Waals surface area contributed by atoms with Crippen molar-refractivity contribution in [1.29, 1.82) is 0 Å². The minimum Gasteiger partial charge on any atom is -0.365 e. The lowest BCUT2D eigenvalue weighted by Gasteiger charge is -2.32. The number of carbonyl (C=O) groups excluding carboxylic acids is 1. The van der Waals surface area contributed by atoms with Crippen molar-refractivity contribution in [2.75, 3.05) is 13.1 Å². The Morgan fingerprint density at radius 2 is 2.00 bits per heavy atom. The molecule has 1 fully saturated rings. The molecular formula is C23H25FN6O2. The van der Waals surface area contributed by atoms with E-state index in [1.807, 2.05) is 4.68 Å². The zero-order valence-corrected chi connectivity index (χ0v) is 17.7. The van der Waals surface area contributed by atoms with Crippen molar-refractivity contribution in [2.24, 2.45) is 0 Å². The first kappa shape index (κ1) is 20.7. The van der Waals surface area contributed by atoms with Gasteiger partial charge in [-0.3, -0.25) is 14.7 Å². The number of halogens is 1. The number of piperidine rings is 1. The van der Waals surface area contributed by atoms with Crippen molar-refractivity contribution in [1.82, 2.24) is 30.2 Å². The molecule has 4 heterocycles. The van der Waals surface area contributed by atoms with E-state index in [1.165, 1.54) is 12.1 Å². The SMILES string of the molecule is O=C(NC1CCN(Cc2nnn3c2CO[C@@H](c2ccc(F)cc2)C3)CC1)c1cccnc1. The number of ether oxygens (including phenoxy) is 1. The summed E-state index contributed by atoms with van der Waals surface area (Å²) in [6.07, 6.45) is 4.86. The summed E-state index contributed by atoms with van der Waals surface area (Å²) in [6.45, 7) is 3.47. The van der Waals surface area contributed by atoms with Gasteiger partial charge in [-0.2, -0.15) is 0 Å². The first-order valence-corrected chi connectivity index (χ1v) is 10.9. The average molecular weight is 436 g/mol. The highest BCUT2D eigenvalue weighted by atomic mass is 19.1. The molecule has 32 heavy (non-hydrogen) atoms. The fourth-order valence-corrected chi connectivity index (χ4v) is 4.28. The highest BCUT2D eigenvalue weighted by molar-refractivity contribution is 5.94. The summed E-state index contributed by atoms with van der Waals surface area (Å²) in [4.78, 5) is 18.7. The number of likely N-dealkylation sites (tertiary alicyclic amines) is 1. The maximum absolute atomic E-state index is 13.2. The molecule has 1 N–H and O–H groups in total. The molecule has 0 bridgehead atoms. The van der Waals surface area contributed by atoms with Crippen molar-refractivity contribution in [2.45, 2.75) is 44.7 Å². The largest absolute Gasteiger partial charge is 0.365 e. The number of carbonyl (C=O) groups is 1. The predicted octanol–water partition coefficient (Wildman–Crippen LogP) is 2.48. The van der Waals surface area contributed by atoms with Crippen molar-refractivity contribution in [3.05, 3.63) is 77.1 Å². The summed E-state index contributed by atoms with van der Waals surface area (Å²) in [5.74, 6) is -0.328. The average Bonchev–Trinajstić information content (AvgIpc) is 3.23. The number of hydrogen-bond acceptors (Lipinski definition) is 6. The van der Waals surface area contributed by atoms with Crippen LogP contribution in [0, 0.1) is 5.82 Å². The lowest BCUT2D eigenvalue weighted by molar-refractivity contribution is -0.00220. The molecule has 2 aromatic heterocycles. The standard InChI is InChI=1S/C23H25FN6O2/c24-18-5-3-16(4-6-18)22-14-30-21(15-32-22)20(27-28-30)13-29-10-7-19(8-11-29)26-23(31)17-2-1-9-25-12-17/h1-6,9,12,19,22H,7-8,10-11,13-15H2,(H,26,31)/t22-/m1/s1. The van der Waals surface area contributed by atoms with Gasteiger partial charge in [0.25, 0.3) is 5.91 Å². The minimum atomic E-state index is -0.256. The number of pyridine rings is 1. The number of fused-ring (bicyclic) bond motifs is 1. The van der Waals surface area contributed by atoms with Gasteiger partial charge in [-0.1, -0.05) is 17.3 Å². The van der Waals surface area contributed by atoms with E-state index in [0.717, 1.165) is 42.9 Å². The Morgan fingerprint density at radius 3 is 2.75 bits per heavy atom. The summed E-state index contributed by atoms with van der Waals surface area (Å²) in [5, 5.41) is 11.8. The van der Waals surface area contributed by atoms with E-state index in [4.69, 9.17) is 4.74 Å². The van der Waals surface area contributed by atoms with Gasteiger partial charge in [0, 0.05) is 38.1 Å². The lowest BCUT2D eigenvalue weighted by atomic mass is 10.0. The number of nitrogens with zero attached hydrogens (tertiary/aromatic N) is 5. The normalized spacial score (nSPS) is 19.5. The van der Waals surface area contributed by atoms with Crippen LogP contribution in [0.25, 0.3) is 0 Å². The van der Waals surface area contributed by atoms with E-state index < -0.39 is 0 Å². The molecule has 1 saturated heterocycles. The third-order valence-electron chi connectivity index (χ3n) is 6.14. The van der Waals surface area contributed by atoms with Crippen LogP contribution >= 0.6 is 0 Å². The number of aromatic nitrogens is 4. The number of nitrogens with one attached hydrogen (secondary N) is 1. The van der Waals surface area contributed by atoms with Crippen molar-refractivity contribution in [3.63, 3.8) is 0 Å². The molecule has 5 rings (SSSR count). The van der Waals surface area contributed by atoms with Gasteiger partial charge >= 0.3 is 0 Å². The zero-order chi connectivity index (χ0) is 21.9. The molecule has 3 aromatic rings. The third kappa shape index (κ3) is 4.53. The van der Waals surface area contributed by atoms with Crippen LogP contribution in [0.4, 0.5) is 4.39 Å². The second kappa shape index (κ2) is 9.13. The van der Waals surface area contributed by atoms with E-state index in [0.29, 0.717) is 25.3 Å². The zero-order valence-electron chi connectivity index (χ0n) is 17.7. The van der Waals surface area contributed by atoms with E-state index >= 15 is 0 Å². The quantitative estimate of drug-likeness (QED) is 0.662. The van der Waals surface area contributed by atoms with Gasteiger partial charge in [0.15, 0.2) is 0 Å². The molecule has 1 atom stereocenters. The first-order chi connectivity index (χ1) is 15.7. The Morgan fingerprint density at radius 1 is 1.19 bits per heavy atom. The molecule has 1 amide bonds. The lowest BCUT2D eigenvalue weighted by Crippen LogP contribution is -2.44. The molecule has 9 heteroatoms. The van der Waals surface area contributed by atoms with Crippen LogP contribution in [0.1, 0.15) is 46.3 Å². The Balaban J connectivity index is 1.14. The number of benzene rings is 1. The number of amides is 1. The molecule has 0 unspecified atom stereocenters. The van der Waals surface area contributed by atoms with Crippen LogP contribution in [0.5, 0.6) is 0 Å². The van der Waals surface area contributed by atoms with Crippen molar-refractivity contribution < 1.29 is 13.9 Å². The van der Waals surface area contributed by atoms with Crippen LogP contribution in [-0.4, -0.2) is 49.9 Å². The Kier molecular flexibility index (Phi) is 5.91. The van der Waals surface area contributed by atoms with Gasteiger partial charge in [-0.05, 0) is 42.7 Å². The highest BCUT2D eigenvalue weighted by Gasteiger charge is 2.27. The van der Waals surface area contributed by atoms with Crippen LogP contribution in [0.3, 0.4) is 0 Å². The molecular weight excluding hydrogens is 411 g/mol. The van der Waals surface area contributed by atoms with Crippen molar-refractivity contribution >= 4 is 5.91 Å². The first-order valence-electron chi connectivity index (χ1n) is 10.9. The van der Waals surface area contributed by atoms with E-state index in [9.17, 15) is 9.18 Å². The van der Waals surface area contributed by atoms with Crippen LogP contribution in [0.15, 0.2) is 48.8 Å². The van der Waals surface area contributed by atoms with Gasteiger partial charge in [0.2, 0.25) is 0 Å². The molecule has 166 valence electrons. The number of hydrogen-bond donors (Lipinski definition) is 1. The fraction of sp³-hybridized carbons (Fsp3) is 0.391. The molecule has 0 radical (unpaired) electrons. The third-order valence-corrected chi connectivity index (χ3v) is 6.14. The fourth-order valence-electron chi connectivity index (χ4n) is 4.28. The molecule has 1 aromatic carbocycles. The monoisotopic (exact) mass is 436 g/mol. The summed E-state index contributed by atoms with van der Waals surface area (Å²) >= 11 is 0. The summed E-state index contributed by atoms with van der Waals surface area (Å²) in [5.41, 5.74) is 3.45. The molecule has 0 aliphatic carbocycles.